The summed E-state index contributed by atoms with van der Waals surface area (Å²) in [6.07, 6.45) is 6.43. The monoisotopic (exact) mass is 229 g/mol. The van der Waals surface area contributed by atoms with Crippen LogP contribution in [0.1, 0.15) is 47.2 Å². The van der Waals surface area contributed by atoms with E-state index in [-0.39, 0.29) is 5.91 Å². The Morgan fingerprint density at radius 3 is 2.76 bits per heavy atom. The number of rotatable bonds is 3. The zero-order valence-electron chi connectivity index (χ0n) is 10.3. The highest BCUT2D eigenvalue weighted by Gasteiger charge is 2.18. The van der Waals surface area contributed by atoms with Crippen molar-refractivity contribution in [3.8, 4) is 0 Å². The smallest absolute Gasteiger partial charge is 0.252 e. The molecule has 1 aromatic rings. The fourth-order valence-electron chi connectivity index (χ4n) is 2.39. The number of amides is 1. The molecule has 1 aromatic carbocycles. The van der Waals surface area contributed by atoms with Crippen molar-refractivity contribution >= 4 is 12.0 Å². The minimum Gasteiger partial charge on any atom is -0.349 e. The molecule has 0 spiro atoms. The molecule has 0 aromatic heterocycles. The summed E-state index contributed by atoms with van der Waals surface area (Å²) in [4.78, 5) is 12.1. The summed E-state index contributed by atoms with van der Waals surface area (Å²) in [5, 5.41) is 3.10. The maximum atomic E-state index is 12.1. The Hall–Kier alpha value is -1.57. The summed E-state index contributed by atoms with van der Waals surface area (Å²) in [5.74, 6) is 0.0341. The van der Waals surface area contributed by atoms with Crippen molar-refractivity contribution in [3.63, 3.8) is 0 Å². The number of nitrogens with one attached hydrogen (secondary N) is 1. The van der Waals surface area contributed by atoms with Crippen molar-refractivity contribution in [1.29, 1.82) is 0 Å². The van der Waals surface area contributed by atoms with Crippen molar-refractivity contribution in [2.45, 2.75) is 38.6 Å². The Kier molecular flexibility index (Phi) is 3.62. The van der Waals surface area contributed by atoms with Crippen LogP contribution in [0.15, 0.2) is 24.8 Å². The molecule has 0 radical (unpaired) electrons. The van der Waals surface area contributed by atoms with Gasteiger partial charge < -0.3 is 5.32 Å². The van der Waals surface area contributed by atoms with Gasteiger partial charge in [-0.3, -0.25) is 4.79 Å². The molecule has 2 heteroatoms. The summed E-state index contributed by atoms with van der Waals surface area (Å²) in [6.45, 7) is 5.79. The zero-order chi connectivity index (χ0) is 12.3. The second-order valence-electron chi connectivity index (χ2n) is 4.75. The van der Waals surface area contributed by atoms with Crippen molar-refractivity contribution in [2.24, 2.45) is 0 Å². The first-order valence-electron chi connectivity index (χ1n) is 6.24. The molecule has 0 aliphatic heterocycles. The van der Waals surface area contributed by atoms with Gasteiger partial charge in [-0.15, -0.1) is 0 Å². The third-order valence-electron chi connectivity index (χ3n) is 3.36. The van der Waals surface area contributed by atoms with E-state index in [0.29, 0.717) is 6.04 Å². The van der Waals surface area contributed by atoms with Crippen LogP contribution in [0.4, 0.5) is 0 Å². The molecule has 0 heterocycles. The number of aryl methyl sites for hydroxylation is 1. The van der Waals surface area contributed by atoms with Crippen LogP contribution in [-0.4, -0.2) is 11.9 Å². The minimum absolute atomic E-state index is 0.0341. The minimum atomic E-state index is 0.0341. The zero-order valence-corrected chi connectivity index (χ0v) is 10.3. The van der Waals surface area contributed by atoms with Crippen molar-refractivity contribution in [2.75, 3.05) is 0 Å². The van der Waals surface area contributed by atoms with E-state index in [4.69, 9.17) is 0 Å². The van der Waals surface area contributed by atoms with E-state index in [1.807, 2.05) is 25.1 Å². The van der Waals surface area contributed by atoms with E-state index in [2.05, 4.69) is 11.9 Å². The summed E-state index contributed by atoms with van der Waals surface area (Å²) in [5.41, 5.74) is 2.80. The van der Waals surface area contributed by atoms with E-state index in [9.17, 15) is 4.79 Å². The predicted octanol–water partition coefficient (Wildman–Crippen LogP) is 3.31. The molecule has 0 unspecified atom stereocenters. The van der Waals surface area contributed by atoms with Crippen LogP contribution in [-0.2, 0) is 0 Å². The Bertz CT molecular complexity index is 431. The molecule has 1 saturated carbocycles. The second-order valence-corrected chi connectivity index (χ2v) is 4.75. The largest absolute Gasteiger partial charge is 0.349 e. The van der Waals surface area contributed by atoms with Crippen LogP contribution in [0.3, 0.4) is 0 Å². The SMILES string of the molecule is C=Cc1cc(C)ccc1C(=O)NC1CCCC1. The van der Waals surface area contributed by atoms with Gasteiger partial charge in [-0.05, 0) is 31.4 Å². The molecule has 2 rings (SSSR count). The van der Waals surface area contributed by atoms with Gasteiger partial charge in [-0.1, -0.05) is 43.2 Å². The molecule has 0 atom stereocenters. The molecular formula is C15H19NO. The highest BCUT2D eigenvalue weighted by molar-refractivity contribution is 5.98. The Morgan fingerprint density at radius 1 is 1.41 bits per heavy atom. The van der Waals surface area contributed by atoms with Crippen LogP contribution in [0.2, 0.25) is 0 Å². The van der Waals surface area contributed by atoms with E-state index >= 15 is 0 Å². The molecule has 17 heavy (non-hydrogen) atoms. The molecule has 1 aliphatic carbocycles. The van der Waals surface area contributed by atoms with Gasteiger partial charge in [0.05, 0.1) is 0 Å². The van der Waals surface area contributed by atoms with Gasteiger partial charge in [0.25, 0.3) is 5.91 Å². The van der Waals surface area contributed by atoms with Gasteiger partial charge in [0.2, 0.25) is 0 Å². The van der Waals surface area contributed by atoms with E-state index in [1.165, 1.54) is 12.8 Å². The van der Waals surface area contributed by atoms with Gasteiger partial charge >= 0.3 is 0 Å². The lowest BCUT2D eigenvalue weighted by Crippen LogP contribution is -2.32. The number of hydrogen-bond donors (Lipinski definition) is 1. The number of hydrogen-bond acceptors (Lipinski definition) is 1. The topological polar surface area (TPSA) is 29.1 Å². The fourth-order valence-corrected chi connectivity index (χ4v) is 2.39. The average Bonchev–Trinajstić information content (AvgIpc) is 2.81. The average molecular weight is 229 g/mol. The van der Waals surface area contributed by atoms with Gasteiger partial charge in [0.15, 0.2) is 0 Å². The quantitative estimate of drug-likeness (QED) is 0.846. The lowest BCUT2D eigenvalue weighted by molar-refractivity contribution is 0.0937. The maximum absolute atomic E-state index is 12.1. The molecule has 1 aliphatic rings. The third kappa shape index (κ3) is 2.76. The van der Waals surface area contributed by atoms with Gasteiger partial charge in [0.1, 0.15) is 0 Å². The number of carbonyl (C=O) groups is 1. The highest BCUT2D eigenvalue weighted by Crippen LogP contribution is 2.19. The van der Waals surface area contributed by atoms with Gasteiger partial charge in [0, 0.05) is 11.6 Å². The third-order valence-corrected chi connectivity index (χ3v) is 3.36. The molecule has 0 bridgehead atoms. The van der Waals surface area contributed by atoms with Crippen molar-refractivity contribution in [1.82, 2.24) is 5.32 Å². The highest BCUT2D eigenvalue weighted by atomic mass is 16.1. The Balaban J connectivity index is 2.15. The fraction of sp³-hybridized carbons (Fsp3) is 0.400. The van der Waals surface area contributed by atoms with E-state index in [0.717, 1.165) is 29.5 Å². The second kappa shape index (κ2) is 5.17. The lowest BCUT2D eigenvalue weighted by atomic mass is 10.0. The Morgan fingerprint density at radius 2 is 2.12 bits per heavy atom. The maximum Gasteiger partial charge on any atom is 0.252 e. The van der Waals surface area contributed by atoms with E-state index < -0.39 is 0 Å². The van der Waals surface area contributed by atoms with Crippen LogP contribution in [0.5, 0.6) is 0 Å². The molecule has 2 nitrogen and oxygen atoms in total. The summed E-state index contributed by atoms with van der Waals surface area (Å²) >= 11 is 0. The first kappa shape index (κ1) is 11.9. The normalized spacial score (nSPS) is 15.8. The van der Waals surface area contributed by atoms with Crippen LogP contribution in [0.25, 0.3) is 6.08 Å². The lowest BCUT2D eigenvalue weighted by Gasteiger charge is -2.13. The number of benzene rings is 1. The van der Waals surface area contributed by atoms with Crippen LogP contribution >= 0.6 is 0 Å². The summed E-state index contributed by atoms with van der Waals surface area (Å²) in [6, 6.07) is 6.21. The molecule has 1 N–H and O–H groups in total. The first-order chi connectivity index (χ1) is 8.20. The van der Waals surface area contributed by atoms with Crippen molar-refractivity contribution < 1.29 is 4.79 Å². The van der Waals surface area contributed by atoms with Gasteiger partial charge in [-0.2, -0.15) is 0 Å². The molecular weight excluding hydrogens is 210 g/mol. The predicted molar refractivity (Wildman–Crippen MR) is 71.0 cm³/mol. The van der Waals surface area contributed by atoms with Crippen LogP contribution in [0, 0.1) is 6.92 Å². The number of carbonyl (C=O) groups excluding carboxylic acids is 1. The van der Waals surface area contributed by atoms with E-state index in [1.54, 1.807) is 6.08 Å². The Labute approximate surface area is 103 Å². The van der Waals surface area contributed by atoms with Crippen molar-refractivity contribution in [3.05, 3.63) is 41.5 Å². The van der Waals surface area contributed by atoms with Gasteiger partial charge in [-0.25, -0.2) is 0 Å². The molecule has 0 saturated heterocycles. The summed E-state index contributed by atoms with van der Waals surface area (Å²) in [7, 11) is 0. The molecule has 1 amide bonds. The first-order valence-corrected chi connectivity index (χ1v) is 6.24. The molecule has 1 fully saturated rings. The standard InChI is InChI=1S/C15H19NO/c1-3-12-10-11(2)8-9-14(12)15(17)16-13-6-4-5-7-13/h3,8-10,13H,1,4-7H2,2H3,(H,16,17). The molecule has 90 valence electrons. The van der Waals surface area contributed by atoms with Crippen LogP contribution < -0.4 is 5.32 Å². The summed E-state index contributed by atoms with van der Waals surface area (Å²) < 4.78 is 0.